The van der Waals surface area contributed by atoms with Crippen molar-refractivity contribution in [1.29, 1.82) is 0 Å². The van der Waals surface area contributed by atoms with Crippen molar-refractivity contribution in [1.82, 2.24) is 5.32 Å². The minimum Gasteiger partial charge on any atom is -0.484 e. The fourth-order valence-corrected chi connectivity index (χ4v) is 3.29. The van der Waals surface area contributed by atoms with E-state index in [1.165, 1.54) is 6.42 Å². The maximum Gasteiger partial charge on any atom is 0.262 e. The van der Waals surface area contributed by atoms with Gasteiger partial charge in [0.1, 0.15) is 5.75 Å². The summed E-state index contributed by atoms with van der Waals surface area (Å²) < 4.78 is 5.42. The zero-order valence-corrected chi connectivity index (χ0v) is 15.8. The van der Waals surface area contributed by atoms with E-state index in [1.807, 2.05) is 18.2 Å². The first-order valence-corrected chi connectivity index (χ1v) is 9.58. The van der Waals surface area contributed by atoms with Gasteiger partial charge in [0.2, 0.25) is 0 Å². The standard InChI is InChI=1S/C21H23ClN2O3/c22-18-12-11-15(21(26)23-16-7-3-1-4-8-16)13-19(18)24-20(25)14-27-17-9-5-2-6-10-17/h2,5-6,9-13,16H,1,3-4,7-8,14H2,(H,23,26)(H,24,25). The van der Waals surface area contributed by atoms with E-state index in [-0.39, 0.29) is 24.5 Å². The SMILES string of the molecule is O=C(COc1ccccc1)Nc1cc(C(=O)NC2CCCCC2)ccc1Cl. The summed E-state index contributed by atoms with van der Waals surface area (Å²) in [4.78, 5) is 24.6. The molecule has 0 atom stereocenters. The summed E-state index contributed by atoms with van der Waals surface area (Å²) in [6.07, 6.45) is 5.55. The molecule has 1 aliphatic carbocycles. The number of ether oxygens (including phenoxy) is 1. The highest BCUT2D eigenvalue weighted by molar-refractivity contribution is 6.33. The van der Waals surface area contributed by atoms with Crippen LogP contribution >= 0.6 is 11.6 Å². The summed E-state index contributed by atoms with van der Waals surface area (Å²) >= 11 is 6.17. The summed E-state index contributed by atoms with van der Waals surface area (Å²) in [5, 5.41) is 6.14. The molecule has 0 saturated heterocycles. The summed E-state index contributed by atoms with van der Waals surface area (Å²) in [6, 6.07) is 14.2. The molecule has 6 heteroatoms. The molecule has 2 amide bonds. The van der Waals surface area contributed by atoms with Crippen LogP contribution in [0.1, 0.15) is 42.5 Å². The van der Waals surface area contributed by atoms with Crippen LogP contribution in [-0.4, -0.2) is 24.5 Å². The van der Waals surface area contributed by atoms with E-state index < -0.39 is 0 Å². The lowest BCUT2D eigenvalue weighted by atomic mass is 9.95. The molecule has 0 spiro atoms. The molecule has 0 aromatic heterocycles. The Morgan fingerprint density at radius 1 is 1.04 bits per heavy atom. The number of hydrogen-bond donors (Lipinski definition) is 2. The zero-order chi connectivity index (χ0) is 19.1. The van der Waals surface area contributed by atoms with Crippen LogP contribution in [0.5, 0.6) is 5.75 Å². The Balaban J connectivity index is 1.58. The van der Waals surface area contributed by atoms with Crippen LogP contribution in [0.15, 0.2) is 48.5 Å². The van der Waals surface area contributed by atoms with E-state index >= 15 is 0 Å². The molecule has 0 aliphatic heterocycles. The highest BCUT2D eigenvalue weighted by Crippen LogP contribution is 2.24. The van der Waals surface area contributed by atoms with E-state index in [1.54, 1.807) is 30.3 Å². The number of nitrogens with one attached hydrogen (secondary N) is 2. The van der Waals surface area contributed by atoms with Crippen molar-refractivity contribution in [3.05, 3.63) is 59.1 Å². The monoisotopic (exact) mass is 386 g/mol. The molecule has 2 N–H and O–H groups in total. The number of hydrogen-bond acceptors (Lipinski definition) is 3. The average Bonchev–Trinajstić information content (AvgIpc) is 2.69. The molecule has 2 aromatic rings. The van der Waals surface area contributed by atoms with Crippen LogP contribution in [-0.2, 0) is 4.79 Å². The topological polar surface area (TPSA) is 67.4 Å². The van der Waals surface area contributed by atoms with Crippen molar-refractivity contribution >= 4 is 29.1 Å². The third-order valence-corrected chi connectivity index (χ3v) is 4.89. The third kappa shape index (κ3) is 5.73. The molecule has 0 heterocycles. The predicted molar refractivity (Wildman–Crippen MR) is 106 cm³/mol. The Bertz CT molecular complexity index is 789. The normalized spacial score (nSPS) is 14.4. The first-order chi connectivity index (χ1) is 13.1. The molecular formula is C21H23ClN2O3. The minimum atomic E-state index is -0.342. The fourth-order valence-electron chi connectivity index (χ4n) is 3.13. The molecule has 5 nitrogen and oxygen atoms in total. The molecule has 27 heavy (non-hydrogen) atoms. The van der Waals surface area contributed by atoms with Crippen molar-refractivity contribution in [2.24, 2.45) is 0 Å². The van der Waals surface area contributed by atoms with Crippen molar-refractivity contribution in [3.63, 3.8) is 0 Å². The van der Waals surface area contributed by atoms with Gasteiger partial charge in [-0.05, 0) is 43.2 Å². The lowest BCUT2D eigenvalue weighted by Gasteiger charge is -2.23. The molecule has 2 aromatic carbocycles. The Labute approximate surface area is 164 Å². The van der Waals surface area contributed by atoms with Crippen molar-refractivity contribution in [3.8, 4) is 5.75 Å². The number of amides is 2. The van der Waals surface area contributed by atoms with E-state index in [0.29, 0.717) is 22.0 Å². The Morgan fingerprint density at radius 3 is 2.52 bits per heavy atom. The first-order valence-electron chi connectivity index (χ1n) is 9.20. The second-order valence-electron chi connectivity index (χ2n) is 6.65. The summed E-state index contributed by atoms with van der Waals surface area (Å²) in [5.74, 6) is 0.125. The minimum absolute atomic E-state index is 0.140. The molecule has 0 radical (unpaired) electrons. The molecule has 1 saturated carbocycles. The van der Waals surface area contributed by atoms with Crippen LogP contribution in [0.3, 0.4) is 0 Å². The highest BCUT2D eigenvalue weighted by atomic mass is 35.5. The Kier molecular flexibility index (Phi) is 6.71. The maximum absolute atomic E-state index is 12.5. The first kappa shape index (κ1) is 19.2. The van der Waals surface area contributed by atoms with Crippen molar-refractivity contribution in [2.45, 2.75) is 38.1 Å². The number of benzene rings is 2. The van der Waals surface area contributed by atoms with Crippen LogP contribution in [0.2, 0.25) is 5.02 Å². The average molecular weight is 387 g/mol. The molecule has 0 bridgehead atoms. The number of para-hydroxylation sites is 1. The summed E-state index contributed by atoms with van der Waals surface area (Å²) in [5.41, 5.74) is 0.874. The quantitative estimate of drug-likeness (QED) is 0.772. The van der Waals surface area contributed by atoms with E-state index in [0.717, 1.165) is 25.7 Å². The Hall–Kier alpha value is -2.53. The maximum atomic E-state index is 12.5. The highest BCUT2D eigenvalue weighted by Gasteiger charge is 2.17. The van der Waals surface area contributed by atoms with Gasteiger partial charge in [0.15, 0.2) is 6.61 Å². The van der Waals surface area contributed by atoms with E-state index in [2.05, 4.69) is 10.6 Å². The van der Waals surface area contributed by atoms with Crippen LogP contribution in [0.25, 0.3) is 0 Å². The van der Waals surface area contributed by atoms with Gasteiger partial charge in [-0.15, -0.1) is 0 Å². The van der Waals surface area contributed by atoms with Gasteiger partial charge in [-0.25, -0.2) is 0 Å². The molecule has 1 aliphatic rings. The molecule has 1 fully saturated rings. The molecule has 3 rings (SSSR count). The van der Waals surface area contributed by atoms with Crippen LogP contribution in [0.4, 0.5) is 5.69 Å². The van der Waals surface area contributed by atoms with Gasteiger partial charge in [0, 0.05) is 11.6 Å². The lowest BCUT2D eigenvalue weighted by molar-refractivity contribution is -0.118. The van der Waals surface area contributed by atoms with Gasteiger partial charge >= 0.3 is 0 Å². The third-order valence-electron chi connectivity index (χ3n) is 4.56. The van der Waals surface area contributed by atoms with Gasteiger partial charge in [-0.1, -0.05) is 49.1 Å². The summed E-state index contributed by atoms with van der Waals surface area (Å²) in [6.45, 7) is -0.140. The van der Waals surface area contributed by atoms with Crippen molar-refractivity contribution in [2.75, 3.05) is 11.9 Å². The number of rotatable bonds is 6. The number of halogens is 1. The van der Waals surface area contributed by atoms with Gasteiger partial charge in [-0.2, -0.15) is 0 Å². The lowest BCUT2D eigenvalue weighted by Crippen LogP contribution is -2.36. The number of anilines is 1. The van der Waals surface area contributed by atoms with Crippen LogP contribution < -0.4 is 15.4 Å². The number of carbonyl (C=O) groups is 2. The predicted octanol–water partition coefficient (Wildman–Crippen LogP) is 4.42. The second-order valence-corrected chi connectivity index (χ2v) is 7.06. The smallest absolute Gasteiger partial charge is 0.262 e. The van der Waals surface area contributed by atoms with Gasteiger partial charge in [0.25, 0.3) is 11.8 Å². The number of carbonyl (C=O) groups excluding carboxylic acids is 2. The van der Waals surface area contributed by atoms with Gasteiger partial charge in [0.05, 0.1) is 10.7 Å². The second kappa shape index (κ2) is 9.42. The van der Waals surface area contributed by atoms with E-state index in [4.69, 9.17) is 16.3 Å². The van der Waals surface area contributed by atoms with Gasteiger partial charge in [-0.3, -0.25) is 9.59 Å². The molecular weight excluding hydrogens is 364 g/mol. The van der Waals surface area contributed by atoms with Crippen LogP contribution in [0, 0.1) is 0 Å². The summed E-state index contributed by atoms with van der Waals surface area (Å²) in [7, 11) is 0. The zero-order valence-electron chi connectivity index (χ0n) is 15.0. The largest absolute Gasteiger partial charge is 0.484 e. The molecule has 0 unspecified atom stereocenters. The molecule has 142 valence electrons. The Morgan fingerprint density at radius 2 is 1.78 bits per heavy atom. The van der Waals surface area contributed by atoms with Crippen molar-refractivity contribution < 1.29 is 14.3 Å². The van der Waals surface area contributed by atoms with Gasteiger partial charge < -0.3 is 15.4 Å². The van der Waals surface area contributed by atoms with E-state index in [9.17, 15) is 9.59 Å². The fraction of sp³-hybridized carbons (Fsp3) is 0.333.